The molecule has 1 N–H and O–H groups in total. The van der Waals surface area contributed by atoms with Crippen molar-refractivity contribution in [1.82, 2.24) is 19.1 Å². The molecule has 1 saturated heterocycles. The van der Waals surface area contributed by atoms with Crippen LogP contribution in [0, 0.1) is 11.3 Å². The van der Waals surface area contributed by atoms with E-state index in [2.05, 4.69) is 21.4 Å². The number of benzene rings is 1. The van der Waals surface area contributed by atoms with Crippen molar-refractivity contribution in [3.05, 3.63) is 46.0 Å². The third kappa shape index (κ3) is 3.14. The second-order valence-corrected chi connectivity index (χ2v) is 6.92. The van der Waals surface area contributed by atoms with E-state index in [-0.39, 0.29) is 11.7 Å². The van der Waals surface area contributed by atoms with Crippen LogP contribution in [0.1, 0.15) is 36.9 Å². The average Bonchev–Trinajstić information content (AvgIpc) is 2.98. The molecule has 1 fully saturated rings. The first-order valence-corrected chi connectivity index (χ1v) is 9.44. The summed E-state index contributed by atoms with van der Waals surface area (Å²) in [6, 6.07) is 7.73. The van der Waals surface area contributed by atoms with Gasteiger partial charge in [-0.15, -0.1) is 0 Å². The number of hydrogen-bond acceptors (Lipinski definition) is 6. The predicted molar refractivity (Wildman–Crippen MR) is 106 cm³/mol. The van der Waals surface area contributed by atoms with E-state index in [0.29, 0.717) is 35.9 Å². The molecule has 3 aromatic rings. The van der Waals surface area contributed by atoms with Gasteiger partial charge in [0.1, 0.15) is 5.52 Å². The van der Waals surface area contributed by atoms with Crippen molar-refractivity contribution in [2.75, 3.05) is 18.5 Å². The Morgan fingerprint density at radius 3 is 2.86 bits per heavy atom. The summed E-state index contributed by atoms with van der Waals surface area (Å²) >= 11 is 0. The summed E-state index contributed by atoms with van der Waals surface area (Å²) in [6.45, 7) is 3.33. The van der Waals surface area contributed by atoms with Crippen LogP contribution in [-0.2, 0) is 18.2 Å². The largest absolute Gasteiger partial charge is 0.381 e. The fourth-order valence-electron chi connectivity index (χ4n) is 3.67. The van der Waals surface area contributed by atoms with Gasteiger partial charge in [-0.05, 0) is 43.0 Å². The summed E-state index contributed by atoms with van der Waals surface area (Å²) in [6.07, 6.45) is 4.04. The van der Waals surface area contributed by atoms with E-state index >= 15 is 0 Å². The molecule has 0 bridgehead atoms. The standard InChI is InChI=1S/C20H22N6O2/c1-3-14-10-13(11-21)4-5-16(14)23-19-22-12-17-18(24-19)26(20(27)25(17)2)15-6-8-28-9-7-15/h4-5,10,12,15H,3,6-9H2,1-2H3,(H,22,23,24). The molecule has 1 aliphatic heterocycles. The van der Waals surface area contributed by atoms with Crippen molar-refractivity contribution < 1.29 is 4.74 Å². The second-order valence-electron chi connectivity index (χ2n) is 6.92. The maximum atomic E-state index is 12.8. The summed E-state index contributed by atoms with van der Waals surface area (Å²) in [5, 5.41) is 12.3. The van der Waals surface area contributed by atoms with Crippen molar-refractivity contribution in [1.29, 1.82) is 5.26 Å². The summed E-state index contributed by atoms with van der Waals surface area (Å²) in [4.78, 5) is 21.8. The van der Waals surface area contributed by atoms with Gasteiger partial charge in [0.2, 0.25) is 5.95 Å². The lowest BCUT2D eigenvalue weighted by molar-refractivity contribution is 0.0695. The lowest BCUT2D eigenvalue weighted by Crippen LogP contribution is -2.30. The van der Waals surface area contributed by atoms with Crippen LogP contribution < -0.4 is 11.0 Å². The van der Waals surface area contributed by atoms with E-state index in [1.54, 1.807) is 28.4 Å². The van der Waals surface area contributed by atoms with Gasteiger partial charge in [-0.2, -0.15) is 10.2 Å². The number of hydrogen-bond donors (Lipinski definition) is 1. The molecule has 0 amide bonds. The van der Waals surface area contributed by atoms with Crippen LogP contribution in [0.15, 0.2) is 29.2 Å². The number of ether oxygens (including phenoxy) is 1. The van der Waals surface area contributed by atoms with Crippen LogP contribution in [-0.4, -0.2) is 32.3 Å². The number of nitriles is 1. The summed E-state index contributed by atoms with van der Waals surface area (Å²) < 4.78 is 8.80. The number of aromatic nitrogens is 4. The monoisotopic (exact) mass is 378 g/mol. The molecule has 1 aromatic carbocycles. The van der Waals surface area contributed by atoms with Crippen molar-refractivity contribution in [3.8, 4) is 6.07 Å². The fraction of sp³-hybridized carbons (Fsp3) is 0.400. The summed E-state index contributed by atoms with van der Waals surface area (Å²) in [7, 11) is 1.74. The van der Waals surface area contributed by atoms with Gasteiger partial charge in [0, 0.05) is 32.0 Å². The topological polar surface area (TPSA) is 97.8 Å². The van der Waals surface area contributed by atoms with E-state index in [0.717, 1.165) is 30.5 Å². The van der Waals surface area contributed by atoms with E-state index in [9.17, 15) is 4.79 Å². The highest BCUT2D eigenvalue weighted by Gasteiger charge is 2.23. The first-order valence-electron chi connectivity index (χ1n) is 9.44. The molecule has 8 heteroatoms. The van der Waals surface area contributed by atoms with Crippen LogP contribution in [0.4, 0.5) is 11.6 Å². The SMILES string of the molecule is CCc1cc(C#N)ccc1Nc1ncc2c(n1)n(C1CCOCC1)c(=O)n2C. The molecule has 1 aliphatic rings. The molecule has 0 unspecified atom stereocenters. The van der Waals surface area contributed by atoms with Crippen LogP contribution in [0.2, 0.25) is 0 Å². The molecule has 2 aromatic heterocycles. The van der Waals surface area contributed by atoms with E-state index in [1.165, 1.54) is 0 Å². The maximum absolute atomic E-state index is 12.8. The fourth-order valence-corrected chi connectivity index (χ4v) is 3.67. The second kappa shape index (κ2) is 7.44. The van der Waals surface area contributed by atoms with Gasteiger partial charge in [-0.25, -0.2) is 9.78 Å². The van der Waals surface area contributed by atoms with E-state index < -0.39 is 0 Å². The summed E-state index contributed by atoms with van der Waals surface area (Å²) in [5.74, 6) is 0.429. The Balaban J connectivity index is 1.76. The number of imidazole rings is 1. The van der Waals surface area contributed by atoms with Crippen LogP contribution in [0.3, 0.4) is 0 Å². The van der Waals surface area contributed by atoms with Gasteiger partial charge in [0.15, 0.2) is 5.65 Å². The Kier molecular flexibility index (Phi) is 4.84. The van der Waals surface area contributed by atoms with E-state index in [1.807, 2.05) is 19.1 Å². The quantitative estimate of drug-likeness (QED) is 0.749. The Hall–Kier alpha value is -3.18. The molecule has 0 atom stereocenters. The molecule has 28 heavy (non-hydrogen) atoms. The first kappa shape index (κ1) is 18.2. The highest BCUT2D eigenvalue weighted by atomic mass is 16.5. The maximum Gasteiger partial charge on any atom is 0.330 e. The highest BCUT2D eigenvalue weighted by molar-refractivity contribution is 5.73. The van der Waals surface area contributed by atoms with Crippen molar-refractivity contribution in [3.63, 3.8) is 0 Å². The Morgan fingerprint density at radius 1 is 1.36 bits per heavy atom. The Labute approximate surface area is 162 Å². The minimum atomic E-state index is -0.0824. The van der Waals surface area contributed by atoms with Crippen molar-refractivity contribution in [2.24, 2.45) is 7.05 Å². The highest BCUT2D eigenvalue weighted by Crippen LogP contribution is 2.25. The lowest BCUT2D eigenvalue weighted by atomic mass is 10.1. The van der Waals surface area contributed by atoms with Gasteiger partial charge in [0.25, 0.3) is 0 Å². The van der Waals surface area contributed by atoms with Gasteiger partial charge in [-0.3, -0.25) is 9.13 Å². The third-order valence-corrected chi connectivity index (χ3v) is 5.25. The lowest BCUT2D eigenvalue weighted by Gasteiger charge is -2.22. The molecule has 0 spiro atoms. The third-order valence-electron chi connectivity index (χ3n) is 5.25. The summed E-state index contributed by atoms with van der Waals surface area (Å²) in [5.41, 5.74) is 3.74. The zero-order chi connectivity index (χ0) is 19.7. The zero-order valence-corrected chi connectivity index (χ0v) is 16.0. The van der Waals surface area contributed by atoms with Crippen LogP contribution in [0.5, 0.6) is 0 Å². The number of anilines is 2. The molecule has 4 rings (SSSR count). The average molecular weight is 378 g/mol. The minimum absolute atomic E-state index is 0.0776. The molecule has 8 nitrogen and oxygen atoms in total. The van der Waals surface area contributed by atoms with Crippen molar-refractivity contribution >= 4 is 22.8 Å². The molecule has 0 aliphatic carbocycles. The predicted octanol–water partition coefficient (Wildman–Crippen LogP) is 2.66. The molecule has 0 saturated carbocycles. The molecule has 144 valence electrons. The van der Waals surface area contributed by atoms with Crippen LogP contribution >= 0.6 is 0 Å². The van der Waals surface area contributed by atoms with Gasteiger partial charge < -0.3 is 10.1 Å². The number of nitrogens with zero attached hydrogens (tertiary/aromatic N) is 5. The molecule has 0 radical (unpaired) electrons. The Bertz CT molecular complexity index is 1120. The Morgan fingerprint density at radius 2 is 2.14 bits per heavy atom. The molecular formula is C20H22N6O2. The number of aryl methyl sites for hydroxylation is 2. The van der Waals surface area contributed by atoms with Crippen molar-refractivity contribution in [2.45, 2.75) is 32.2 Å². The van der Waals surface area contributed by atoms with Gasteiger partial charge >= 0.3 is 5.69 Å². The molecular weight excluding hydrogens is 356 g/mol. The molecule has 3 heterocycles. The first-order chi connectivity index (χ1) is 13.6. The number of rotatable bonds is 4. The minimum Gasteiger partial charge on any atom is -0.381 e. The van der Waals surface area contributed by atoms with Crippen LogP contribution in [0.25, 0.3) is 11.2 Å². The number of fused-ring (bicyclic) bond motifs is 1. The zero-order valence-electron chi connectivity index (χ0n) is 16.0. The smallest absolute Gasteiger partial charge is 0.330 e. The normalized spacial score (nSPS) is 14.9. The van der Waals surface area contributed by atoms with Gasteiger partial charge in [-0.1, -0.05) is 6.92 Å². The number of nitrogens with one attached hydrogen (secondary N) is 1. The van der Waals surface area contributed by atoms with E-state index in [4.69, 9.17) is 10.00 Å². The van der Waals surface area contributed by atoms with Gasteiger partial charge in [0.05, 0.1) is 17.8 Å².